The summed E-state index contributed by atoms with van der Waals surface area (Å²) in [7, 11) is 1.49. The molecular weight excluding hydrogens is 234 g/mol. The lowest BCUT2D eigenvalue weighted by atomic mass is 10.2. The van der Waals surface area contributed by atoms with Crippen LogP contribution in [0.3, 0.4) is 0 Å². The van der Waals surface area contributed by atoms with E-state index < -0.39 is 11.9 Å². The van der Waals surface area contributed by atoms with E-state index in [1.165, 1.54) is 7.11 Å². The third kappa shape index (κ3) is 3.13. The zero-order valence-corrected chi connectivity index (χ0v) is 9.25. The predicted molar refractivity (Wildman–Crippen MR) is 57.5 cm³/mol. The molecule has 0 aromatic heterocycles. The van der Waals surface area contributed by atoms with Gasteiger partial charge in [-0.2, -0.15) is 0 Å². The number of carbonyl (C=O) groups is 2. The molecule has 0 saturated carbocycles. The van der Waals surface area contributed by atoms with Gasteiger partial charge in [-0.05, 0) is 17.7 Å². The first-order valence-electron chi connectivity index (χ1n) is 4.38. The molecule has 0 radical (unpaired) electrons. The van der Waals surface area contributed by atoms with Crippen LogP contribution in [0.2, 0.25) is 5.02 Å². The number of hydrogen-bond donors (Lipinski definition) is 2. The van der Waals surface area contributed by atoms with Gasteiger partial charge in [0, 0.05) is 6.54 Å². The average Bonchev–Trinajstić information content (AvgIpc) is 2.25. The van der Waals surface area contributed by atoms with E-state index in [4.69, 9.17) is 21.4 Å². The van der Waals surface area contributed by atoms with Gasteiger partial charge in [0.1, 0.15) is 5.75 Å². The minimum absolute atomic E-state index is 0.106. The number of aliphatic carboxylic acids is 1. The summed E-state index contributed by atoms with van der Waals surface area (Å²) in [4.78, 5) is 21.0. The van der Waals surface area contributed by atoms with Crippen LogP contribution < -0.4 is 10.1 Å². The highest BCUT2D eigenvalue weighted by Gasteiger charge is 2.10. The van der Waals surface area contributed by atoms with Crippen LogP contribution in [-0.2, 0) is 16.1 Å². The zero-order valence-electron chi connectivity index (χ0n) is 8.49. The molecule has 0 bridgehead atoms. The lowest BCUT2D eigenvalue weighted by Gasteiger charge is -2.06. The van der Waals surface area contributed by atoms with Gasteiger partial charge in [0.15, 0.2) is 0 Å². The summed E-state index contributed by atoms with van der Waals surface area (Å²) in [6.45, 7) is 0.106. The Morgan fingerprint density at radius 2 is 2.19 bits per heavy atom. The van der Waals surface area contributed by atoms with Crippen molar-refractivity contribution in [3.63, 3.8) is 0 Å². The van der Waals surface area contributed by atoms with Gasteiger partial charge in [0.25, 0.3) is 0 Å². The Kier molecular flexibility index (Phi) is 4.13. The summed E-state index contributed by atoms with van der Waals surface area (Å²) in [6.07, 6.45) is 0. The highest BCUT2D eigenvalue weighted by atomic mass is 35.5. The highest BCUT2D eigenvalue weighted by Crippen LogP contribution is 2.24. The van der Waals surface area contributed by atoms with Gasteiger partial charge in [-0.15, -0.1) is 0 Å². The molecule has 0 saturated heterocycles. The SMILES string of the molecule is COc1ccc(CNC(=O)C(=O)O)cc1Cl. The third-order valence-electron chi connectivity index (χ3n) is 1.86. The number of nitrogens with one attached hydrogen (secondary N) is 1. The molecule has 2 N–H and O–H groups in total. The standard InChI is InChI=1S/C10H10ClNO4/c1-16-8-3-2-6(4-7(8)11)5-12-9(13)10(14)15/h2-4H,5H2,1H3,(H,12,13)(H,14,15). The van der Waals surface area contributed by atoms with Gasteiger partial charge in [0.05, 0.1) is 12.1 Å². The molecule has 0 fully saturated rings. The van der Waals surface area contributed by atoms with Crippen LogP contribution in [0.25, 0.3) is 0 Å². The van der Waals surface area contributed by atoms with Gasteiger partial charge in [0.2, 0.25) is 0 Å². The Labute approximate surface area is 97.0 Å². The number of rotatable bonds is 3. The quantitative estimate of drug-likeness (QED) is 0.778. The lowest BCUT2D eigenvalue weighted by molar-refractivity contribution is -0.150. The van der Waals surface area contributed by atoms with Crippen LogP contribution in [0.15, 0.2) is 18.2 Å². The summed E-state index contributed by atoms with van der Waals surface area (Å²) >= 11 is 5.85. The molecule has 16 heavy (non-hydrogen) atoms. The van der Waals surface area contributed by atoms with E-state index in [9.17, 15) is 9.59 Å². The molecule has 1 rings (SSSR count). The number of methoxy groups -OCH3 is 1. The third-order valence-corrected chi connectivity index (χ3v) is 2.16. The highest BCUT2D eigenvalue weighted by molar-refractivity contribution is 6.32. The molecule has 0 heterocycles. The van der Waals surface area contributed by atoms with Crippen molar-refractivity contribution >= 4 is 23.5 Å². The van der Waals surface area contributed by atoms with Crippen molar-refractivity contribution in [1.82, 2.24) is 5.32 Å². The fourth-order valence-corrected chi connectivity index (χ4v) is 1.36. The molecule has 5 nitrogen and oxygen atoms in total. The number of carboxylic acid groups (broad SMARTS) is 1. The van der Waals surface area contributed by atoms with Crippen molar-refractivity contribution in [3.05, 3.63) is 28.8 Å². The Balaban J connectivity index is 2.65. The maximum Gasteiger partial charge on any atom is 0.394 e. The molecule has 0 aliphatic carbocycles. The fourth-order valence-electron chi connectivity index (χ4n) is 1.08. The first-order chi connectivity index (χ1) is 7.54. The maximum atomic E-state index is 10.8. The molecule has 6 heteroatoms. The topological polar surface area (TPSA) is 75.6 Å². The molecule has 0 aliphatic rings. The van der Waals surface area contributed by atoms with Crippen LogP contribution in [0.5, 0.6) is 5.75 Å². The molecule has 1 amide bonds. The van der Waals surface area contributed by atoms with Gasteiger partial charge < -0.3 is 15.2 Å². The molecule has 1 aromatic rings. The number of ether oxygens (including phenoxy) is 1. The summed E-state index contributed by atoms with van der Waals surface area (Å²) in [5.41, 5.74) is 0.695. The zero-order chi connectivity index (χ0) is 12.1. The Morgan fingerprint density at radius 3 is 2.69 bits per heavy atom. The lowest BCUT2D eigenvalue weighted by Crippen LogP contribution is -2.30. The summed E-state index contributed by atoms with van der Waals surface area (Å²) in [5.74, 6) is -2.04. The van der Waals surface area contributed by atoms with Gasteiger partial charge in [-0.25, -0.2) is 4.79 Å². The number of hydrogen-bond acceptors (Lipinski definition) is 3. The van der Waals surface area contributed by atoms with Crippen LogP contribution in [0.4, 0.5) is 0 Å². The summed E-state index contributed by atoms with van der Waals surface area (Å²) in [5, 5.41) is 11.0. The first-order valence-corrected chi connectivity index (χ1v) is 4.76. The minimum atomic E-state index is -1.51. The first kappa shape index (κ1) is 12.3. The van der Waals surface area contributed by atoms with Gasteiger partial charge in [-0.3, -0.25) is 4.79 Å². The second kappa shape index (κ2) is 5.37. The predicted octanol–water partition coefficient (Wildman–Crippen LogP) is 1.05. The fraction of sp³-hybridized carbons (Fsp3) is 0.200. The maximum absolute atomic E-state index is 10.8. The van der Waals surface area contributed by atoms with Crippen LogP contribution >= 0.6 is 11.6 Å². The molecule has 0 spiro atoms. The second-order valence-corrected chi connectivity index (χ2v) is 3.36. The summed E-state index contributed by atoms with van der Waals surface area (Å²) in [6, 6.07) is 4.93. The molecule has 0 aliphatic heterocycles. The van der Waals surface area contributed by atoms with E-state index in [0.29, 0.717) is 16.3 Å². The largest absolute Gasteiger partial charge is 0.495 e. The molecule has 86 valence electrons. The van der Waals surface area contributed by atoms with Crippen LogP contribution in [0.1, 0.15) is 5.56 Å². The van der Waals surface area contributed by atoms with Crippen molar-refractivity contribution < 1.29 is 19.4 Å². The number of carboxylic acids is 1. The van der Waals surface area contributed by atoms with Crippen LogP contribution in [-0.4, -0.2) is 24.1 Å². The van der Waals surface area contributed by atoms with Crippen molar-refractivity contribution in [3.8, 4) is 5.75 Å². The number of carbonyl (C=O) groups excluding carboxylic acids is 1. The Hall–Kier alpha value is -1.75. The van der Waals surface area contributed by atoms with Crippen molar-refractivity contribution in [2.75, 3.05) is 7.11 Å². The minimum Gasteiger partial charge on any atom is -0.495 e. The van der Waals surface area contributed by atoms with Gasteiger partial charge >= 0.3 is 11.9 Å². The number of benzene rings is 1. The van der Waals surface area contributed by atoms with Gasteiger partial charge in [-0.1, -0.05) is 17.7 Å². The number of halogens is 1. The normalized spacial score (nSPS) is 9.62. The van der Waals surface area contributed by atoms with Crippen LogP contribution in [0, 0.1) is 0 Å². The van der Waals surface area contributed by atoms with E-state index in [1.54, 1.807) is 18.2 Å². The molecule has 1 aromatic carbocycles. The van der Waals surface area contributed by atoms with E-state index in [-0.39, 0.29) is 6.54 Å². The molecule has 0 atom stereocenters. The second-order valence-electron chi connectivity index (χ2n) is 2.96. The van der Waals surface area contributed by atoms with E-state index in [0.717, 1.165) is 0 Å². The molecular formula is C10H10ClNO4. The van der Waals surface area contributed by atoms with E-state index in [2.05, 4.69) is 5.32 Å². The van der Waals surface area contributed by atoms with E-state index in [1.807, 2.05) is 0 Å². The Bertz CT molecular complexity index is 419. The van der Waals surface area contributed by atoms with Crippen molar-refractivity contribution in [1.29, 1.82) is 0 Å². The van der Waals surface area contributed by atoms with Crippen molar-refractivity contribution in [2.24, 2.45) is 0 Å². The number of amides is 1. The van der Waals surface area contributed by atoms with E-state index >= 15 is 0 Å². The molecule has 0 unspecified atom stereocenters. The Morgan fingerprint density at radius 1 is 1.50 bits per heavy atom. The smallest absolute Gasteiger partial charge is 0.394 e. The average molecular weight is 244 g/mol. The monoisotopic (exact) mass is 243 g/mol. The van der Waals surface area contributed by atoms with Crippen molar-refractivity contribution in [2.45, 2.75) is 6.54 Å². The summed E-state index contributed by atoms with van der Waals surface area (Å²) < 4.78 is 4.95.